The minimum atomic E-state index is 0.353. The van der Waals surface area contributed by atoms with Crippen LogP contribution in [0.3, 0.4) is 0 Å². The van der Waals surface area contributed by atoms with E-state index < -0.39 is 0 Å². The lowest BCUT2D eigenvalue weighted by Crippen LogP contribution is -2.02. The smallest absolute Gasteiger partial charge is 0.162 e. The Morgan fingerprint density at radius 1 is 1.21 bits per heavy atom. The molecule has 3 nitrogen and oxygen atoms in total. The van der Waals surface area contributed by atoms with Gasteiger partial charge in [0.05, 0.1) is 20.9 Å². The number of ether oxygens (including phenoxy) is 1. The topological polar surface area (TPSA) is 35.0 Å². The minimum Gasteiger partial charge on any atom is -0.378 e. The van der Waals surface area contributed by atoms with Gasteiger partial charge in [0.1, 0.15) is 5.15 Å². The van der Waals surface area contributed by atoms with Gasteiger partial charge in [-0.25, -0.2) is 9.97 Å². The fourth-order valence-electron chi connectivity index (χ4n) is 1.48. The van der Waals surface area contributed by atoms with Crippen molar-refractivity contribution in [2.45, 2.75) is 6.61 Å². The van der Waals surface area contributed by atoms with Gasteiger partial charge in [-0.15, -0.1) is 0 Å². The highest BCUT2D eigenvalue weighted by atomic mass is 127. The van der Waals surface area contributed by atoms with E-state index in [-0.39, 0.29) is 0 Å². The van der Waals surface area contributed by atoms with Gasteiger partial charge >= 0.3 is 0 Å². The summed E-state index contributed by atoms with van der Waals surface area (Å²) in [4.78, 5) is 8.66. The monoisotopic (exact) mass is 428 g/mol. The number of hydrogen-bond acceptors (Lipinski definition) is 3. The van der Waals surface area contributed by atoms with E-state index in [1.165, 1.54) is 0 Å². The molecule has 0 aliphatic heterocycles. The zero-order chi connectivity index (χ0) is 14.0. The Morgan fingerprint density at radius 2 is 1.95 bits per heavy atom. The summed E-state index contributed by atoms with van der Waals surface area (Å²) in [6.45, 7) is 0.353. The molecule has 19 heavy (non-hydrogen) atoms. The molecule has 0 amide bonds. The number of hydrogen-bond donors (Lipinski definition) is 0. The van der Waals surface area contributed by atoms with E-state index in [0.717, 1.165) is 3.57 Å². The van der Waals surface area contributed by atoms with Gasteiger partial charge in [-0.3, -0.25) is 0 Å². The number of nitrogens with zero attached hydrogens (tertiary/aromatic N) is 2. The summed E-state index contributed by atoms with van der Waals surface area (Å²) in [6, 6.07) is 5.11. The lowest BCUT2D eigenvalue weighted by molar-refractivity contribution is 0.181. The number of methoxy groups -OCH3 is 1. The quantitative estimate of drug-likeness (QED) is 0.517. The number of benzene rings is 1. The van der Waals surface area contributed by atoms with Crippen LogP contribution in [0.1, 0.15) is 5.69 Å². The van der Waals surface area contributed by atoms with E-state index in [1.807, 2.05) is 0 Å². The Kier molecular flexibility index (Phi) is 5.25. The second-order valence-electron chi connectivity index (χ2n) is 3.66. The van der Waals surface area contributed by atoms with Crippen LogP contribution >= 0.6 is 57.4 Å². The first kappa shape index (κ1) is 15.3. The van der Waals surface area contributed by atoms with Gasteiger partial charge in [0.2, 0.25) is 0 Å². The zero-order valence-corrected chi connectivity index (χ0v) is 14.2. The highest BCUT2D eigenvalue weighted by Gasteiger charge is 2.14. The number of aromatic nitrogens is 2. The largest absolute Gasteiger partial charge is 0.378 e. The summed E-state index contributed by atoms with van der Waals surface area (Å²) in [5, 5.41) is 1.45. The van der Waals surface area contributed by atoms with E-state index in [2.05, 4.69) is 32.6 Å². The summed E-state index contributed by atoms with van der Waals surface area (Å²) in [5.41, 5.74) is 1.36. The van der Waals surface area contributed by atoms with Crippen LogP contribution in [0.5, 0.6) is 0 Å². The molecule has 0 radical (unpaired) electrons. The molecule has 0 bridgehead atoms. The lowest BCUT2D eigenvalue weighted by atomic mass is 10.2. The molecule has 0 atom stereocenters. The molecule has 0 fully saturated rings. The molecule has 0 N–H and O–H groups in total. The van der Waals surface area contributed by atoms with Gasteiger partial charge in [-0.1, -0.05) is 34.8 Å². The van der Waals surface area contributed by atoms with Gasteiger partial charge < -0.3 is 4.74 Å². The predicted octanol–water partition coefficient (Wildman–Crippen LogP) is 4.85. The van der Waals surface area contributed by atoms with Crippen LogP contribution in [0.4, 0.5) is 0 Å². The summed E-state index contributed by atoms with van der Waals surface area (Å²) in [5.74, 6) is 0.435. The molecule has 100 valence electrons. The molecule has 0 aliphatic carbocycles. The van der Waals surface area contributed by atoms with Crippen molar-refractivity contribution in [3.63, 3.8) is 0 Å². The molecular weight excluding hydrogens is 421 g/mol. The van der Waals surface area contributed by atoms with Gasteiger partial charge in [0, 0.05) is 17.7 Å². The summed E-state index contributed by atoms with van der Waals surface area (Å²) in [6.07, 6.45) is 0. The Bertz CT molecular complexity index is 622. The van der Waals surface area contributed by atoms with Crippen molar-refractivity contribution in [2.75, 3.05) is 7.11 Å². The molecule has 1 aromatic carbocycles. The molecule has 1 heterocycles. The molecule has 0 unspecified atom stereocenters. The van der Waals surface area contributed by atoms with Gasteiger partial charge in [-0.2, -0.15) is 0 Å². The second-order valence-corrected chi connectivity index (χ2v) is 5.94. The van der Waals surface area contributed by atoms with Gasteiger partial charge in [0.25, 0.3) is 0 Å². The maximum atomic E-state index is 6.14. The Morgan fingerprint density at radius 3 is 2.63 bits per heavy atom. The number of halogens is 4. The minimum absolute atomic E-state index is 0.353. The van der Waals surface area contributed by atoms with Crippen molar-refractivity contribution in [3.8, 4) is 11.4 Å². The van der Waals surface area contributed by atoms with Crippen LogP contribution in [-0.2, 0) is 11.3 Å². The van der Waals surface area contributed by atoms with E-state index in [9.17, 15) is 0 Å². The van der Waals surface area contributed by atoms with Crippen molar-refractivity contribution < 1.29 is 4.74 Å². The normalized spacial score (nSPS) is 10.8. The first-order valence-electron chi connectivity index (χ1n) is 5.19. The summed E-state index contributed by atoms with van der Waals surface area (Å²) < 4.78 is 5.86. The van der Waals surface area contributed by atoms with E-state index >= 15 is 0 Å². The molecular formula is C12H8Cl3IN2O. The lowest BCUT2D eigenvalue weighted by Gasteiger charge is -2.09. The number of rotatable bonds is 3. The van der Waals surface area contributed by atoms with Gasteiger partial charge in [-0.05, 0) is 40.8 Å². The van der Waals surface area contributed by atoms with Crippen LogP contribution in [0.2, 0.25) is 15.2 Å². The van der Waals surface area contributed by atoms with E-state index in [4.69, 9.17) is 39.5 Å². The second kappa shape index (κ2) is 6.54. The standard InChI is InChI=1S/C12H8Cl3IN2O/c1-19-5-9-10(16)11(15)18-12(17-9)7-4-6(13)2-3-8(7)14/h2-4H,5H2,1H3. The maximum absolute atomic E-state index is 6.14. The average molecular weight is 429 g/mol. The summed E-state index contributed by atoms with van der Waals surface area (Å²) >= 11 is 20.3. The molecule has 7 heteroatoms. The highest BCUT2D eigenvalue weighted by molar-refractivity contribution is 14.1. The van der Waals surface area contributed by atoms with E-state index in [0.29, 0.717) is 38.9 Å². The van der Waals surface area contributed by atoms with E-state index in [1.54, 1.807) is 25.3 Å². The first-order chi connectivity index (χ1) is 9.02. The van der Waals surface area contributed by atoms with Crippen LogP contribution in [0, 0.1) is 3.57 Å². The average Bonchev–Trinajstić information content (AvgIpc) is 2.38. The molecule has 1 aromatic heterocycles. The molecule has 2 rings (SSSR count). The fourth-order valence-corrected chi connectivity index (χ4v) is 2.44. The van der Waals surface area contributed by atoms with Gasteiger partial charge in [0.15, 0.2) is 5.82 Å². The van der Waals surface area contributed by atoms with Crippen LogP contribution in [-0.4, -0.2) is 17.1 Å². The molecule has 0 saturated heterocycles. The van der Waals surface area contributed by atoms with Crippen LogP contribution in [0.15, 0.2) is 18.2 Å². The first-order valence-corrected chi connectivity index (χ1v) is 7.40. The molecule has 2 aromatic rings. The molecule has 0 saturated carbocycles. The van der Waals surface area contributed by atoms with Crippen molar-refractivity contribution in [1.29, 1.82) is 0 Å². The van der Waals surface area contributed by atoms with Crippen LogP contribution < -0.4 is 0 Å². The third-order valence-corrected chi connectivity index (χ3v) is 4.62. The summed E-state index contributed by atoms with van der Waals surface area (Å²) in [7, 11) is 1.60. The Balaban J connectivity index is 2.59. The van der Waals surface area contributed by atoms with Crippen LogP contribution in [0.25, 0.3) is 11.4 Å². The predicted molar refractivity (Wildman–Crippen MR) is 85.9 cm³/mol. The molecule has 0 aliphatic rings. The van der Waals surface area contributed by atoms with Crippen molar-refractivity contribution in [2.24, 2.45) is 0 Å². The Hall–Kier alpha value is -0.140. The van der Waals surface area contributed by atoms with Crippen molar-refractivity contribution in [1.82, 2.24) is 9.97 Å². The highest BCUT2D eigenvalue weighted by Crippen LogP contribution is 2.30. The third-order valence-electron chi connectivity index (χ3n) is 2.33. The Labute approximate surface area is 139 Å². The van der Waals surface area contributed by atoms with Crippen molar-refractivity contribution in [3.05, 3.63) is 42.7 Å². The SMILES string of the molecule is COCc1nc(-c2cc(Cl)ccc2Cl)nc(Cl)c1I. The maximum Gasteiger partial charge on any atom is 0.162 e. The fraction of sp³-hybridized carbons (Fsp3) is 0.167. The molecule has 0 spiro atoms. The third kappa shape index (κ3) is 3.49. The van der Waals surface area contributed by atoms with Crippen molar-refractivity contribution >= 4 is 57.4 Å². The zero-order valence-electron chi connectivity index (χ0n) is 9.75.